The molecule has 0 saturated carbocycles. The predicted molar refractivity (Wildman–Crippen MR) is 130 cm³/mol. The maximum atomic E-state index is 13.1. The van der Waals surface area contributed by atoms with E-state index < -0.39 is 12.2 Å². The molecule has 2 aromatic carbocycles. The van der Waals surface area contributed by atoms with E-state index in [0.717, 1.165) is 11.1 Å². The van der Waals surface area contributed by atoms with E-state index in [-0.39, 0.29) is 27.4 Å². The summed E-state index contributed by atoms with van der Waals surface area (Å²) in [6.07, 6.45) is -0.835. The van der Waals surface area contributed by atoms with Gasteiger partial charge in [-0.2, -0.15) is 14.9 Å². The molecule has 3 aromatic heterocycles. The van der Waals surface area contributed by atoms with Crippen LogP contribution in [0.5, 0.6) is 5.75 Å². The molecule has 3 heterocycles. The third-order valence-electron chi connectivity index (χ3n) is 5.74. The lowest BCUT2D eigenvalue weighted by molar-refractivity contribution is -0.212. The zero-order valence-electron chi connectivity index (χ0n) is 19.9. The fraction of sp³-hybridized carbons (Fsp3) is 0.160. The van der Waals surface area contributed by atoms with Crippen LogP contribution in [0.15, 0.2) is 61.2 Å². The molecule has 0 fully saturated rings. The van der Waals surface area contributed by atoms with Crippen LogP contribution in [0.25, 0.3) is 33.4 Å². The molecule has 9 nitrogen and oxygen atoms in total. The highest BCUT2D eigenvalue weighted by molar-refractivity contribution is 6.08. The minimum Gasteiger partial charge on any atom is -0.494 e. The largest absolute Gasteiger partial charge is 0.504 e. The Morgan fingerprint density at radius 3 is 2.46 bits per heavy atom. The lowest BCUT2D eigenvalue weighted by atomic mass is 10.0. The van der Waals surface area contributed by atoms with Gasteiger partial charge in [0, 0.05) is 42.0 Å². The van der Waals surface area contributed by atoms with Gasteiger partial charge in [0.05, 0.1) is 35.3 Å². The van der Waals surface area contributed by atoms with Crippen molar-refractivity contribution >= 4 is 22.5 Å². The number of hydrogen-bond donors (Lipinski definition) is 1. The van der Waals surface area contributed by atoms with Gasteiger partial charge in [-0.15, -0.1) is 13.2 Å². The summed E-state index contributed by atoms with van der Waals surface area (Å²) in [5.41, 5.74) is 3.40. The van der Waals surface area contributed by atoms with E-state index in [1.54, 1.807) is 23.9 Å². The first kappa shape index (κ1) is 24.0. The summed E-state index contributed by atoms with van der Waals surface area (Å²) in [6, 6.07) is 12.9. The molecule has 0 aliphatic carbocycles. The highest BCUT2D eigenvalue weighted by Gasteiger charge is 2.33. The maximum Gasteiger partial charge on any atom is 0.504 e. The Balaban J connectivity index is 1.61. The number of fused-ring (bicyclic) bond motifs is 1. The molecule has 0 aliphatic heterocycles. The summed E-state index contributed by atoms with van der Waals surface area (Å²) in [5.74, 6) is -0.490. The van der Waals surface area contributed by atoms with Gasteiger partial charge in [-0.1, -0.05) is 30.3 Å². The van der Waals surface area contributed by atoms with Gasteiger partial charge in [0.25, 0.3) is 5.91 Å². The second-order valence-electron chi connectivity index (χ2n) is 8.22. The summed E-state index contributed by atoms with van der Waals surface area (Å²) in [5, 5.41) is 11.2. The summed E-state index contributed by atoms with van der Waals surface area (Å²) >= 11 is 0. The van der Waals surface area contributed by atoms with Crippen molar-refractivity contribution in [1.29, 1.82) is 0 Å². The second kappa shape index (κ2) is 9.04. The Kier molecular flexibility index (Phi) is 5.86. The van der Waals surface area contributed by atoms with Crippen LogP contribution in [0.1, 0.15) is 16.1 Å². The van der Waals surface area contributed by atoms with Crippen molar-refractivity contribution in [2.75, 3.05) is 12.4 Å². The summed E-state index contributed by atoms with van der Waals surface area (Å²) in [7, 11) is 3.22. The fourth-order valence-corrected chi connectivity index (χ4v) is 4.04. The Hall–Kier alpha value is -4.74. The van der Waals surface area contributed by atoms with Crippen LogP contribution in [-0.4, -0.2) is 42.5 Å². The number of halogens is 3. The summed E-state index contributed by atoms with van der Waals surface area (Å²) < 4.78 is 46.1. The highest BCUT2D eigenvalue weighted by atomic mass is 19.4. The first-order valence-electron chi connectivity index (χ1n) is 11.0. The highest BCUT2D eigenvalue weighted by Crippen LogP contribution is 2.37. The molecule has 0 aliphatic rings. The lowest BCUT2D eigenvalue weighted by Crippen LogP contribution is -2.17. The molecule has 5 aromatic rings. The number of carbonyl (C=O) groups excluding carboxylic acids is 1. The zero-order chi connectivity index (χ0) is 26.3. The van der Waals surface area contributed by atoms with E-state index in [1.165, 1.54) is 20.4 Å². The van der Waals surface area contributed by atoms with E-state index in [1.807, 2.05) is 36.5 Å². The van der Waals surface area contributed by atoms with E-state index in [2.05, 4.69) is 25.5 Å². The van der Waals surface area contributed by atoms with Gasteiger partial charge >= 0.3 is 6.30 Å². The van der Waals surface area contributed by atoms with Crippen LogP contribution in [-0.2, 0) is 13.3 Å². The number of amides is 1. The maximum absolute atomic E-state index is 13.1. The molecule has 0 spiro atoms. The molecule has 0 saturated heterocycles. The average Bonchev–Trinajstić information content (AvgIpc) is 3.46. The number of nitrogens with zero attached hydrogens (tertiary/aromatic N) is 6. The number of alkyl halides is 3. The minimum absolute atomic E-state index is 0.0681. The molecular weight excluding hydrogens is 487 g/mol. The number of ether oxygens (including phenoxy) is 1. The van der Waals surface area contributed by atoms with E-state index in [4.69, 9.17) is 4.74 Å². The van der Waals surface area contributed by atoms with Gasteiger partial charge < -0.3 is 10.1 Å². The smallest absolute Gasteiger partial charge is 0.494 e. The number of aromatic nitrogens is 6. The van der Waals surface area contributed by atoms with E-state index in [0.29, 0.717) is 28.5 Å². The Morgan fingerprint density at radius 1 is 1.03 bits per heavy atom. The number of nitrogens with one attached hydrogen (secondary N) is 1. The van der Waals surface area contributed by atoms with Crippen molar-refractivity contribution in [3.05, 3.63) is 72.4 Å². The van der Waals surface area contributed by atoms with Crippen molar-refractivity contribution in [3.8, 4) is 28.3 Å². The van der Waals surface area contributed by atoms with Crippen LogP contribution >= 0.6 is 0 Å². The summed E-state index contributed by atoms with van der Waals surface area (Å²) in [6.45, 7) is 1.33. The van der Waals surface area contributed by atoms with Crippen molar-refractivity contribution in [2.24, 2.45) is 7.05 Å². The third-order valence-corrected chi connectivity index (χ3v) is 5.74. The monoisotopic (exact) mass is 507 g/mol. The van der Waals surface area contributed by atoms with Gasteiger partial charge in [-0.05, 0) is 13.0 Å². The molecule has 0 unspecified atom stereocenters. The fourth-order valence-electron chi connectivity index (χ4n) is 4.04. The molecule has 12 heteroatoms. The van der Waals surface area contributed by atoms with Gasteiger partial charge in [0.15, 0.2) is 0 Å². The first-order chi connectivity index (χ1) is 17.7. The van der Waals surface area contributed by atoms with Gasteiger partial charge in [0.2, 0.25) is 0 Å². The Morgan fingerprint density at radius 2 is 1.78 bits per heavy atom. The lowest BCUT2D eigenvalue weighted by Gasteiger charge is -2.13. The number of anilines is 1. The number of rotatable bonds is 5. The molecule has 188 valence electrons. The van der Waals surface area contributed by atoms with Crippen LogP contribution in [0, 0.1) is 6.92 Å². The Bertz CT molecular complexity index is 1630. The summed E-state index contributed by atoms with van der Waals surface area (Å²) in [4.78, 5) is 21.8. The van der Waals surface area contributed by atoms with Crippen LogP contribution < -0.4 is 10.1 Å². The number of benzene rings is 2. The molecule has 1 amide bonds. The van der Waals surface area contributed by atoms with Crippen LogP contribution in [0.3, 0.4) is 0 Å². The average molecular weight is 507 g/mol. The number of carbonyl (C=O) groups is 1. The van der Waals surface area contributed by atoms with E-state index >= 15 is 0 Å². The first-order valence-corrected chi connectivity index (χ1v) is 11.0. The number of aryl methyl sites for hydroxylation is 2. The van der Waals surface area contributed by atoms with Crippen molar-refractivity contribution in [3.63, 3.8) is 0 Å². The molecule has 37 heavy (non-hydrogen) atoms. The number of methoxy groups -OCH3 is 1. The Labute approximate surface area is 208 Å². The molecule has 0 atom stereocenters. The zero-order valence-corrected chi connectivity index (χ0v) is 19.9. The molecule has 1 N–H and O–H groups in total. The van der Waals surface area contributed by atoms with Gasteiger partial charge in [-0.3, -0.25) is 9.48 Å². The van der Waals surface area contributed by atoms with Crippen LogP contribution in [0.4, 0.5) is 18.9 Å². The van der Waals surface area contributed by atoms with Crippen LogP contribution in [0.2, 0.25) is 0 Å². The third kappa shape index (κ3) is 4.48. The topological polar surface area (TPSA) is 99.8 Å². The molecular formula is C25H20F3N7O2. The SMILES string of the molecule is COc1cc2ncnc(-c3cn(C)nc3-c3ccccc3)c2cc1NC(=O)c1cn(C(F)(F)F)nc1C. The minimum atomic E-state index is -4.74. The molecule has 0 bridgehead atoms. The molecule has 5 rings (SSSR count). The van der Waals surface area contributed by atoms with Gasteiger partial charge in [0.1, 0.15) is 17.8 Å². The predicted octanol–water partition coefficient (Wildman–Crippen LogP) is 4.94. The normalized spacial score (nSPS) is 11.6. The van der Waals surface area contributed by atoms with Crippen molar-refractivity contribution in [2.45, 2.75) is 13.2 Å². The quantitative estimate of drug-likeness (QED) is 0.362. The van der Waals surface area contributed by atoms with Gasteiger partial charge in [-0.25, -0.2) is 9.97 Å². The number of hydrogen-bond acceptors (Lipinski definition) is 6. The standard InChI is InChI=1S/C25H20F3N7O2/c1-14-17(12-35(32-14)25(26,27)28)24(36)31-20-9-16-19(10-21(20)37-3)29-13-30-23(16)18-11-34(2)33-22(18)15-7-5-4-6-8-15/h4-13H,1-3H3,(H,31,36). The van der Waals surface area contributed by atoms with E-state index in [9.17, 15) is 18.0 Å². The van der Waals surface area contributed by atoms with Crippen molar-refractivity contribution < 1.29 is 22.7 Å². The second-order valence-corrected chi connectivity index (χ2v) is 8.22. The molecule has 0 radical (unpaired) electrons. The van der Waals surface area contributed by atoms with Crippen molar-refractivity contribution in [1.82, 2.24) is 29.5 Å².